The minimum absolute atomic E-state index is 0.0296. The minimum atomic E-state index is 0.0296. The summed E-state index contributed by atoms with van der Waals surface area (Å²) in [5, 5.41) is 2.78. The topological polar surface area (TPSA) is 46.1 Å². The zero-order valence-corrected chi connectivity index (χ0v) is 15.5. The zero-order chi connectivity index (χ0) is 17.8. The van der Waals surface area contributed by atoms with Crippen molar-refractivity contribution in [2.24, 2.45) is 0 Å². The molecule has 0 fully saturated rings. The van der Waals surface area contributed by atoms with Gasteiger partial charge in [-0.3, -0.25) is 9.78 Å². The molecular formula is C20H21N3OS. The molecule has 3 aromatic rings. The van der Waals surface area contributed by atoms with E-state index in [-0.39, 0.29) is 11.9 Å². The van der Waals surface area contributed by atoms with Crippen molar-refractivity contribution in [1.29, 1.82) is 0 Å². The van der Waals surface area contributed by atoms with Crippen LogP contribution in [0.4, 0.5) is 0 Å². The van der Waals surface area contributed by atoms with E-state index in [4.69, 9.17) is 0 Å². The Morgan fingerprint density at radius 1 is 1.20 bits per heavy atom. The van der Waals surface area contributed by atoms with Crippen molar-refractivity contribution in [1.82, 2.24) is 14.9 Å². The Morgan fingerprint density at radius 3 is 2.64 bits per heavy atom. The van der Waals surface area contributed by atoms with Gasteiger partial charge in [0.15, 0.2) is 0 Å². The van der Waals surface area contributed by atoms with Gasteiger partial charge in [-0.1, -0.05) is 35.9 Å². The number of nitrogens with zero attached hydrogens (tertiary/aromatic N) is 3. The van der Waals surface area contributed by atoms with E-state index in [0.29, 0.717) is 6.42 Å². The molecule has 0 radical (unpaired) electrons. The molecule has 0 aliphatic rings. The summed E-state index contributed by atoms with van der Waals surface area (Å²) in [7, 11) is 1.85. The summed E-state index contributed by atoms with van der Waals surface area (Å²) < 4.78 is 0. The van der Waals surface area contributed by atoms with E-state index in [2.05, 4.69) is 41.2 Å². The molecule has 4 nitrogen and oxygen atoms in total. The minimum Gasteiger partial charge on any atom is -0.339 e. The SMILES string of the molecule is Cc1ccc(C(C)N(C)C(=O)Cc2csc(-c3ccccn3)n2)cc1. The van der Waals surface area contributed by atoms with Crippen molar-refractivity contribution < 1.29 is 4.79 Å². The smallest absolute Gasteiger partial charge is 0.228 e. The second-order valence-corrected chi connectivity index (χ2v) is 6.99. The lowest BCUT2D eigenvalue weighted by Crippen LogP contribution is -2.31. The Balaban J connectivity index is 1.67. The van der Waals surface area contributed by atoms with Crippen LogP contribution >= 0.6 is 11.3 Å². The van der Waals surface area contributed by atoms with Gasteiger partial charge in [-0.15, -0.1) is 11.3 Å². The molecule has 1 unspecified atom stereocenters. The van der Waals surface area contributed by atoms with Crippen molar-refractivity contribution in [3.8, 4) is 10.7 Å². The second kappa shape index (κ2) is 7.57. The summed E-state index contributed by atoms with van der Waals surface area (Å²) in [4.78, 5) is 23.3. The zero-order valence-electron chi connectivity index (χ0n) is 14.6. The summed E-state index contributed by atoms with van der Waals surface area (Å²) in [5.74, 6) is 0.0611. The number of likely N-dealkylation sites (N-methyl/N-ethyl adjacent to an activating group) is 1. The summed E-state index contributed by atoms with van der Waals surface area (Å²) in [6.45, 7) is 4.10. The lowest BCUT2D eigenvalue weighted by molar-refractivity contribution is -0.131. The van der Waals surface area contributed by atoms with Gasteiger partial charge in [-0.05, 0) is 31.5 Å². The van der Waals surface area contributed by atoms with E-state index < -0.39 is 0 Å². The number of aromatic nitrogens is 2. The van der Waals surface area contributed by atoms with Gasteiger partial charge in [0, 0.05) is 18.6 Å². The highest BCUT2D eigenvalue weighted by atomic mass is 32.1. The number of benzene rings is 1. The normalized spacial score (nSPS) is 12.0. The Bertz CT molecular complexity index is 843. The molecule has 0 saturated carbocycles. The van der Waals surface area contributed by atoms with Crippen LogP contribution in [0.2, 0.25) is 0 Å². The molecule has 25 heavy (non-hydrogen) atoms. The Kier molecular flexibility index (Phi) is 5.24. The molecule has 0 aliphatic carbocycles. The third kappa shape index (κ3) is 4.12. The Morgan fingerprint density at radius 2 is 1.96 bits per heavy atom. The van der Waals surface area contributed by atoms with Crippen LogP contribution in [0.3, 0.4) is 0 Å². The first-order chi connectivity index (χ1) is 12.0. The van der Waals surface area contributed by atoms with Crippen LogP contribution in [0.1, 0.15) is 29.8 Å². The molecule has 2 aromatic heterocycles. The van der Waals surface area contributed by atoms with Gasteiger partial charge in [-0.2, -0.15) is 0 Å². The monoisotopic (exact) mass is 351 g/mol. The lowest BCUT2D eigenvalue weighted by Gasteiger charge is -2.25. The molecule has 0 bridgehead atoms. The summed E-state index contributed by atoms with van der Waals surface area (Å²) in [6.07, 6.45) is 2.05. The molecule has 0 spiro atoms. The fourth-order valence-electron chi connectivity index (χ4n) is 2.56. The average Bonchev–Trinajstić information content (AvgIpc) is 3.10. The number of carbonyl (C=O) groups is 1. The van der Waals surface area contributed by atoms with E-state index in [1.54, 1.807) is 11.1 Å². The van der Waals surface area contributed by atoms with Crippen molar-refractivity contribution in [2.45, 2.75) is 26.3 Å². The van der Waals surface area contributed by atoms with E-state index >= 15 is 0 Å². The van der Waals surface area contributed by atoms with E-state index in [1.807, 2.05) is 37.6 Å². The molecule has 1 atom stereocenters. The van der Waals surface area contributed by atoms with E-state index in [0.717, 1.165) is 22.0 Å². The van der Waals surface area contributed by atoms with Crippen LogP contribution in [0.15, 0.2) is 54.0 Å². The number of rotatable bonds is 5. The predicted molar refractivity (Wildman–Crippen MR) is 101 cm³/mol. The van der Waals surface area contributed by atoms with Gasteiger partial charge in [0.05, 0.1) is 23.9 Å². The maximum atomic E-state index is 12.6. The average molecular weight is 351 g/mol. The number of thiazole rings is 1. The largest absolute Gasteiger partial charge is 0.339 e. The number of aryl methyl sites for hydroxylation is 1. The highest BCUT2D eigenvalue weighted by molar-refractivity contribution is 7.13. The van der Waals surface area contributed by atoms with Crippen LogP contribution < -0.4 is 0 Å². The molecule has 0 saturated heterocycles. The molecule has 2 heterocycles. The van der Waals surface area contributed by atoms with Crippen LogP contribution in [-0.4, -0.2) is 27.8 Å². The van der Waals surface area contributed by atoms with E-state index in [1.165, 1.54) is 16.9 Å². The predicted octanol–water partition coefficient (Wildman–Crippen LogP) is 4.28. The van der Waals surface area contributed by atoms with Crippen molar-refractivity contribution >= 4 is 17.2 Å². The molecule has 5 heteroatoms. The molecule has 1 amide bonds. The van der Waals surface area contributed by atoms with Gasteiger partial charge in [0.1, 0.15) is 5.01 Å². The fourth-order valence-corrected chi connectivity index (χ4v) is 3.35. The second-order valence-electron chi connectivity index (χ2n) is 6.13. The molecule has 1 aromatic carbocycles. The highest BCUT2D eigenvalue weighted by Gasteiger charge is 2.19. The van der Waals surface area contributed by atoms with Gasteiger partial charge in [0.25, 0.3) is 0 Å². The maximum absolute atomic E-state index is 12.6. The molecule has 0 aliphatic heterocycles. The summed E-state index contributed by atoms with van der Waals surface area (Å²) >= 11 is 1.52. The quantitative estimate of drug-likeness (QED) is 0.689. The van der Waals surface area contributed by atoms with Crippen molar-refractivity contribution in [2.75, 3.05) is 7.05 Å². The Labute approximate surface area is 152 Å². The molecule has 128 valence electrons. The third-order valence-electron chi connectivity index (χ3n) is 4.30. The molecular weight excluding hydrogens is 330 g/mol. The summed E-state index contributed by atoms with van der Waals surface area (Å²) in [5.41, 5.74) is 3.98. The third-order valence-corrected chi connectivity index (χ3v) is 5.22. The molecule has 0 N–H and O–H groups in total. The maximum Gasteiger partial charge on any atom is 0.228 e. The van der Waals surface area contributed by atoms with Gasteiger partial charge in [-0.25, -0.2) is 4.98 Å². The van der Waals surface area contributed by atoms with Crippen LogP contribution in [0.5, 0.6) is 0 Å². The Hall–Kier alpha value is -2.53. The number of carbonyl (C=O) groups excluding carboxylic acids is 1. The van der Waals surface area contributed by atoms with Crippen LogP contribution in [0.25, 0.3) is 10.7 Å². The van der Waals surface area contributed by atoms with Crippen LogP contribution in [0, 0.1) is 6.92 Å². The molecule has 3 rings (SSSR count). The number of hydrogen-bond donors (Lipinski definition) is 0. The van der Waals surface area contributed by atoms with Crippen molar-refractivity contribution in [3.63, 3.8) is 0 Å². The van der Waals surface area contributed by atoms with E-state index in [9.17, 15) is 4.79 Å². The fraction of sp³-hybridized carbons (Fsp3) is 0.250. The van der Waals surface area contributed by atoms with Gasteiger partial charge in [0.2, 0.25) is 5.91 Å². The van der Waals surface area contributed by atoms with Gasteiger partial charge < -0.3 is 4.90 Å². The standard InChI is InChI=1S/C20H21N3OS/c1-14-7-9-16(10-8-14)15(2)23(3)19(24)12-17-13-25-20(22-17)18-6-4-5-11-21-18/h4-11,13,15H,12H2,1-3H3. The first-order valence-corrected chi connectivity index (χ1v) is 9.10. The number of hydrogen-bond acceptors (Lipinski definition) is 4. The first-order valence-electron chi connectivity index (χ1n) is 8.22. The van der Waals surface area contributed by atoms with Crippen LogP contribution in [-0.2, 0) is 11.2 Å². The highest BCUT2D eigenvalue weighted by Crippen LogP contribution is 2.23. The number of amides is 1. The number of pyridine rings is 1. The van der Waals surface area contributed by atoms with Gasteiger partial charge >= 0.3 is 0 Å². The van der Waals surface area contributed by atoms with Crippen molar-refractivity contribution in [3.05, 3.63) is 70.9 Å². The lowest BCUT2D eigenvalue weighted by atomic mass is 10.1. The first kappa shape index (κ1) is 17.3. The summed E-state index contributed by atoms with van der Waals surface area (Å²) in [6, 6.07) is 14.1.